The van der Waals surface area contributed by atoms with Gasteiger partial charge in [0.2, 0.25) is 0 Å². The topological polar surface area (TPSA) is 26.3 Å². The molecule has 2 nitrogen and oxygen atoms in total. The van der Waals surface area contributed by atoms with Gasteiger partial charge in [0.15, 0.2) is 0 Å². The van der Waals surface area contributed by atoms with E-state index >= 15 is 0 Å². The Morgan fingerprint density at radius 2 is 2.27 bits per heavy atom. The molecule has 80 valence electrons. The Hall–Kier alpha value is -1.02. The molecule has 0 N–H and O–H groups in total. The molecule has 0 heterocycles. The van der Waals surface area contributed by atoms with E-state index in [1.165, 1.54) is 7.11 Å². The predicted molar refractivity (Wildman–Crippen MR) is 59.1 cm³/mol. The fraction of sp³-hybridized carbons (Fsp3) is 0.417. The number of halogens is 1. The van der Waals surface area contributed by atoms with E-state index in [4.69, 9.17) is 16.3 Å². The average molecular weight is 225 g/mol. The Kier molecular flexibility index (Phi) is 2.47. The highest BCUT2D eigenvalue weighted by Crippen LogP contribution is 2.40. The molecule has 1 aromatic rings. The zero-order chi connectivity index (χ0) is 11.1. The van der Waals surface area contributed by atoms with E-state index < -0.39 is 5.41 Å². The van der Waals surface area contributed by atoms with Crippen molar-refractivity contribution in [3.05, 3.63) is 34.3 Å². The van der Waals surface area contributed by atoms with E-state index in [1.54, 1.807) is 0 Å². The molecule has 0 radical (unpaired) electrons. The summed E-state index contributed by atoms with van der Waals surface area (Å²) in [5.41, 5.74) is 1.73. The summed E-state index contributed by atoms with van der Waals surface area (Å²) in [5.74, 6) is -0.163. The zero-order valence-electron chi connectivity index (χ0n) is 8.84. The number of aryl methyl sites for hydroxylation is 1. The van der Waals surface area contributed by atoms with E-state index in [2.05, 4.69) is 0 Å². The second-order valence-electron chi connectivity index (χ2n) is 4.13. The molecule has 0 aromatic heterocycles. The number of benzene rings is 1. The van der Waals surface area contributed by atoms with E-state index in [-0.39, 0.29) is 5.97 Å². The Morgan fingerprint density at radius 1 is 1.53 bits per heavy atom. The molecule has 0 bridgehead atoms. The van der Waals surface area contributed by atoms with Crippen molar-refractivity contribution in [3.63, 3.8) is 0 Å². The van der Waals surface area contributed by atoms with Crippen LogP contribution in [-0.2, 0) is 21.4 Å². The first kappa shape index (κ1) is 10.5. The van der Waals surface area contributed by atoms with Crippen LogP contribution in [0.2, 0.25) is 5.02 Å². The van der Waals surface area contributed by atoms with Crippen LogP contribution in [0.15, 0.2) is 18.2 Å². The van der Waals surface area contributed by atoms with Crippen LogP contribution in [0, 0.1) is 0 Å². The summed E-state index contributed by atoms with van der Waals surface area (Å²) in [4.78, 5) is 11.7. The number of hydrogen-bond donors (Lipinski definition) is 0. The maximum Gasteiger partial charge on any atom is 0.316 e. The van der Waals surface area contributed by atoms with Crippen LogP contribution in [0.3, 0.4) is 0 Å². The van der Waals surface area contributed by atoms with Gasteiger partial charge in [0.05, 0.1) is 12.5 Å². The largest absolute Gasteiger partial charge is 0.468 e. The van der Waals surface area contributed by atoms with Gasteiger partial charge in [-0.05, 0) is 43.0 Å². The molecule has 1 aliphatic rings. The monoisotopic (exact) mass is 224 g/mol. The molecule has 1 aromatic carbocycles. The number of carbonyl (C=O) groups excluding carboxylic acids is 1. The molecule has 1 unspecified atom stereocenters. The van der Waals surface area contributed by atoms with E-state index in [0.29, 0.717) is 0 Å². The van der Waals surface area contributed by atoms with Crippen LogP contribution in [0.4, 0.5) is 0 Å². The first-order valence-corrected chi connectivity index (χ1v) is 5.33. The van der Waals surface area contributed by atoms with Gasteiger partial charge in [0, 0.05) is 5.02 Å². The van der Waals surface area contributed by atoms with Crippen molar-refractivity contribution in [2.24, 2.45) is 0 Å². The number of hydrogen-bond acceptors (Lipinski definition) is 2. The van der Waals surface area contributed by atoms with Crippen molar-refractivity contribution < 1.29 is 9.53 Å². The molecule has 15 heavy (non-hydrogen) atoms. The fourth-order valence-corrected chi connectivity index (χ4v) is 2.46. The maximum absolute atomic E-state index is 11.7. The lowest BCUT2D eigenvalue weighted by atomic mass is 9.84. The lowest BCUT2D eigenvalue weighted by Crippen LogP contribution is -2.31. The standard InChI is InChI=1S/C12H13ClO2/c1-12(11(14)15-2)6-5-8-7-9(13)3-4-10(8)12/h3-4,7H,5-6H2,1-2H3. The van der Waals surface area contributed by atoms with E-state index in [9.17, 15) is 4.79 Å². The number of fused-ring (bicyclic) bond motifs is 1. The number of ether oxygens (including phenoxy) is 1. The summed E-state index contributed by atoms with van der Waals surface area (Å²) < 4.78 is 4.85. The summed E-state index contributed by atoms with van der Waals surface area (Å²) in [5, 5.41) is 0.725. The molecule has 0 spiro atoms. The van der Waals surface area contributed by atoms with Crippen LogP contribution in [-0.4, -0.2) is 13.1 Å². The zero-order valence-corrected chi connectivity index (χ0v) is 9.60. The molecule has 0 fully saturated rings. The van der Waals surface area contributed by atoms with Crippen LogP contribution < -0.4 is 0 Å². The van der Waals surface area contributed by atoms with Gasteiger partial charge < -0.3 is 4.74 Å². The summed E-state index contributed by atoms with van der Waals surface area (Å²) in [6, 6.07) is 5.69. The van der Waals surface area contributed by atoms with Gasteiger partial charge in [-0.3, -0.25) is 4.79 Å². The maximum atomic E-state index is 11.7. The van der Waals surface area contributed by atoms with Crippen molar-refractivity contribution >= 4 is 17.6 Å². The third-order valence-corrected chi connectivity index (χ3v) is 3.43. The number of rotatable bonds is 1. The van der Waals surface area contributed by atoms with Crippen LogP contribution in [0.1, 0.15) is 24.5 Å². The van der Waals surface area contributed by atoms with Gasteiger partial charge in [-0.15, -0.1) is 0 Å². The first-order chi connectivity index (χ1) is 7.08. The molecule has 1 atom stereocenters. The van der Waals surface area contributed by atoms with E-state index in [1.807, 2.05) is 25.1 Å². The van der Waals surface area contributed by atoms with Crippen LogP contribution in [0.5, 0.6) is 0 Å². The third-order valence-electron chi connectivity index (χ3n) is 3.19. The minimum atomic E-state index is -0.491. The molecule has 0 saturated carbocycles. The van der Waals surface area contributed by atoms with E-state index in [0.717, 1.165) is 29.0 Å². The summed E-state index contributed by atoms with van der Waals surface area (Å²) >= 11 is 5.91. The quantitative estimate of drug-likeness (QED) is 0.686. The second kappa shape index (κ2) is 3.53. The summed E-state index contributed by atoms with van der Waals surface area (Å²) in [6.07, 6.45) is 1.69. The van der Waals surface area contributed by atoms with Gasteiger partial charge in [-0.1, -0.05) is 17.7 Å². The molecule has 0 saturated heterocycles. The lowest BCUT2D eigenvalue weighted by Gasteiger charge is -2.21. The van der Waals surface area contributed by atoms with Crippen molar-refractivity contribution in [1.29, 1.82) is 0 Å². The number of esters is 1. The van der Waals surface area contributed by atoms with Crippen LogP contribution >= 0.6 is 11.6 Å². The Morgan fingerprint density at radius 3 is 2.93 bits per heavy atom. The summed E-state index contributed by atoms with van der Waals surface area (Å²) in [7, 11) is 1.43. The van der Waals surface area contributed by atoms with Crippen LogP contribution in [0.25, 0.3) is 0 Å². The van der Waals surface area contributed by atoms with Crippen molar-refractivity contribution in [2.45, 2.75) is 25.2 Å². The highest BCUT2D eigenvalue weighted by atomic mass is 35.5. The van der Waals surface area contributed by atoms with Gasteiger partial charge >= 0.3 is 5.97 Å². The number of methoxy groups -OCH3 is 1. The minimum absolute atomic E-state index is 0.163. The smallest absolute Gasteiger partial charge is 0.316 e. The predicted octanol–water partition coefficient (Wildman–Crippen LogP) is 2.72. The third kappa shape index (κ3) is 1.53. The molecule has 2 rings (SSSR count). The van der Waals surface area contributed by atoms with Crippen molar-refractivity contribution in [2.75, 3.05) is 7.11 Å². The Bertz CT molecular complexity index is 414. The second-order valence-corrected chi connectivity index (χ2v) is 4.56. The average Bonchev–Trinajstić information content (AvgIpc) is 2.56. The molecular formula is C12H13ClO2. The Balaban J connectivity index is 2.48. The van der Waals surface area contributed by atoms with Gasteiger partial charge in [0.1, 0.15) is 0 Å². The molecule has 0 aliphatic heterocycles. The minimum Gasteiger partial charge on any atom is -0.468 e. The number of carbonyl (C=O) groups is 1. The highest BCUT2D eigenvalue weighted by molar-refractivity contribution is 6.30. The summed E-state index contributed by atoms with van der Waals surface area (Å²) in [6.45, 7) is 1.93. The highest BCUT2D eigenvalue weighted by Gasteiger charge is 2.41. The van der Waals surface area contributed by atoms with Gasteiger partial charge in [-0.25, -0.2) is 0 Å². The van der Waals surface area contributed by atoms with Gasteiger partial charge in [-0.2, -0.15) is 0 Å². The van der Waals surface area contributed by atoms with Gasteiger partial charge in [0.25, 0.3) is 0 Å². The SMILES string of the molecule is COC(=O)C1(C)CCc2cc(Cl)ccc21. The first-order valence-electron chi connectivity index (χ1n) is 4.95. The van der Waals surface area contributed by atoms with Crippen molar-refractivity contribution in [3.8, 4) is 0 Å². The molecule has 1 aliphatic carbocycles. The molecule has 3 heteroatoms. The molecular weight excluding hydrogens is 212 g/mol. The molecule has 0 amide bonds. The van der Waals surface area contributed by atoms with Crippen molar-refractivity contribution in [1.82, 2.24) is 0 Å². The fourth-order valence-electron chi connectivity index (χ4n) is 2.26. The normalized spacial score (nSPS) is 23.7. The lowest BCUT2D eigenvalue weighted by molar-refractivity contribution is -0.146. The Labute approximate surface area is 94.2 Å².